The van der Waals surface area contributed by atoms with Crippen molar-refractivity contribution in [2.45, 2.75) is 32.5 Å². The third-order valence-electron chi connectivity index (χ3n) is 2.02. The molecule has 0 spiro atoms. The Morgan fingerprint density at radius 2 is 2.00 bits per heavy atom. The molecule has 0 saturated carbocycles. The zero-order valence-electron chi connectivity index (χ0n) is 10.0. The Balaban J connectivity index is 4.83. The number of nitrogens with one attached hydrogen (secondary N) is 1. The first-order valence-electron chi connectivity index (χ1n) is 5.18. The van der Waals surface area contributed by atoms with Gasteiger partial charge in [-0.05, 0) is 6.92 Å². The maximum Gasteiger partial charge on any atom is 0.402 e. The standard InChI is InChI=1S/C11H14F3NO3/c1-4-8(11(12,13)14)6-9(15-7(3)16)10(17)18-5-2/h1,8-9H,5-6H2,2-3H3,(H,15,16)/t8-,9-/m1/s1. The van der Waals surface area contributed by atoms with Crippen molar-refractivity contribution in [2.75, 3.05) is 6.61 Å². The largest absolute Gasteiger partial charge is 0.464 e. The van der Waals surface area contributed by atoms with E-state index in [2.05, 4.69) is 10.1 Å². The zero-order valence-corrected chi connectivity index (χ0v) is 10.0. The van der Waals surface area contributed by atoms with Gasteiger partial charge in [0.25, 0.3) is 0 Å². The van der Waals surface area contributed by atoms with Crippen LogP contribution in [0.4, 0.5) is 13.2 Å². The van der Waals surface area contributed by atoms with Crippen LogP contribution in [0.1, 0.15) is 20.3 Å². The van der Waals surface area contributed by atoms with Crippen molar-refractivity contribution in [3.8, 4) is 12.3 Å². The molecular weight excluding hydrogens is 251 g/mol. The summed E-state index contributed by atoms with van der Waals surface area (Å²) in [7, 11) is 0. The van der Waals surface area contributed by atoms with Crippen molar-refractivity contribution in [1.29, 1.82) is 0 Å². The molecular formula is C11H14F3NO3. The van der Waals surface area contributed by atoms with E-state index in [-0.39, 0.29) is 6.61 Å². The molecule has 0 aliphatic heterocycles. The average molecular weight is 265 g/mol. The number of alkyl halides is 3. The van der Waals surface area contributed by atoms with Crippen LogP contribution >= 0.6 is 0 Å². The molecule has 0 aromatic carbocycles. The molecule has 1 amide bonds. The molecule has 0 radical (unpaired) electrons. The molecule has 0 aliphatic carbocycles. The number of hydrogen-bond acceptors (Lipinski definition) is 3. The molecule has 4 nitrogen and oxygen atoms in total. The van der Waals surface area contributed by atoms with Gasteiger partial charge in [0.15, 0.2) is 0 Å². The summed E-state index contributed by atoms with van der Waals surface area (Å²) >= 11 is 0. The van der Waals surface area contributed by atoms with Crippen LogP contribution < -0.4 is 5.32 Å². The van der Waals surface area contributed by atoms with Gasteiger partial charge in [0.2, 0.25) is 5.91 Å². The summed E-state index contributed by atoms with van der Waals surface area (Å²) in [6, 6.07) is -1.40. The summed E-state index contributed by atoms with van der Waals surface area (Å²) in [5.74, 6) is -2.12. The predicted molar refractivity (Wildman–Crippen MR) is 57.2 cm³/mol. The number of rotatable bonds is 5. The van der Waals surface area contributed by atoms with Crippen LogP contribution in [-0.2, 0) is 14.3 Å². The predicted octanol–water partition coefficient (Wildman–Crippen LogP) is 1.26. The highest BCUT2D eigenvalue weighted by Crippen LogP contribution is 2.29. The van der Waals surface area contributed by atoms with Gasteiger partial charge in [-0.1, -0.05) is 5.92 Å². The minimum atomic E-state index is -4.63. The first kappa shape index (κ1) is 16.3. The highest BCUT2D eigenvalue weighted by molar-refractivity contribution is 5.83. The summed E-state index contributed by atoms with van der Waals surface area (Å²) < 4.78 is 42.0. The van der Waals surface area contributed by atoms with E-state index in [4.69, 9.17) is 6.42 Å². The molecule has 0 saturated heterocycles. The Bertz CT molecular complexity index is 346. The number of terminal acetylenes is 1. The van der Waals surface area contributed by atoms with Crippen LogP contribution in [0, 0.1) is 18.3 Å². The van der Waals surface area contributed by atoms with Gasteiger partial charge in [-0.2, -0.15) is 13.2 Å². The molecule has 102 valence electrons. The Hall–Kier alpha value is -1.71. The second-order valence-electron chi connectivity index (χ2n) is 3.50. The first-order valence-corrected chi connectivity index (χ1v) is 5.18. The van der Waals surface area contributed by atoms with Crippen molar-refractivity contribution in [3.05, 3.63) is 0 Å². The molecule has 0 rings (SSSR count). The van der Waals surface area contributed by atoms with E-state index in [1.165, 1.54) is 6.92 Å². The van der Waals surface area contributed by atoms with E-state index >= 15 is 0 Å². The molecule has 1 N–H and O–H groups in total. The molecule has 2 atom stereocenters. The van der Waals surface area contributed by atoms with Gasteiger partial charge in [0.05, 0.1) is 6.61 Å². The van der Waals surface area contributed by atoms with Gasteiger partial charge in [0, 0.05) is 13.3 Å². The van der Waals surface area contributed by atoms with Gasteiger partial charge >= 0.3 is 12.1 Å². The fourth-order valence-electron chi connectivity index (χ4n) is 1.23. The van der Waals surface area contributed by atoms with Gasteiger partial charge in [-0.3, -0.25) is 4.79 Å². The number of esters is 1. The van der Waals surface area contributed by atoms with Crippen LogP contribution in [0.5, 0.6) is 0 Å². The summed E-state index contributed by atoms with van der Waals surface area (Å²) in [6.45, 7) is 2.59. The van der Waals surface area contributed by atoms with Gasteiger partial charge in [-0.25, -0.2) is 4.79 Å². The minimum Gasteiger partial charge on any atom is -0.464 e. The van der Waals surface area contributed by atoms with Gasteiger partial charge in [-0.15, -0.1) is 6.42 Å². The van der Waals surface area contributed by atoms with E-state index in [9.17, 15) is 22.8 Å². The van der Waals surface area contributed by atoms with Crippen molar-refractivity contribution in [2.24, 2.45) is 5.92 Å². The second kappa shape index (κ2) is 6.89. The number of carbonyl (C=O) groups excluding carboxylic acids is 2. The first-order chi connectivity index (χ1) is 8.22. The number of hydrogen-bond donors (Lipinski definition) is 1. The van der Waals surface area contributed by atoms with Crippen LogP contribution in [0.2, 0.25) is 0 Å². The lowest BCUT2D eigenvalue weighted by molar-refractivity contribution is -0.166. The molecule has 0 aromatic heterocycles. The lowest BCUT2D eigenvalue weighted by atomic mass is 10.00. The Kier molecular flexibility index (Phi) is 6.23. The summed E-state index contributed by atoms with van der Waals surface area (Å²) in [4.78, 5) is 22.2. The topological polar surface area (TPSA) is 55.4 Å². The molecule has 0 heterocycles. The van der Waals surface area contributed by atoms with Crippen LogP contribution in [0.25, 0.3) is 0 Å². The molecule has 0 unspecified atom stereocenters. The number of amides is 1. The zero-order chi connectivity index (χ0) is 14.3. The fourth-order valence-corrected chi connectivity index (χ4v) is 1.23. The number of carbonyl (C=O) groups is 2. The SMILES string of the molecule is C#C[C@H](C[C@@H](NC(C)=O)C(=O)OCC)C(F)(F)F. The Morgan fingerprint density at radius 1 is 1.44 bits per heavy atom. The van der Waals surface area contributed by atoms with Crippen LogP contribution in [0.15, 0.2) is 0 Å². The van der Waals surface area contributed by atoms with E-state index in [0.29, 0.717) is 0 Å². The van der Waals surface area contributed by atoms with Crippen LogP contribution in [0.3, 0.4) is 0 Å². The summed E-state index contributed by atoms with van der Waals surface area (Å²) in [5, 5.41) is 2.09. The van der Waals surface area contributed by atoms with E-state index < -0.39 is 36.4 Å². The third-order valence-corrected chi connectivity index (χ3v) is 2.02. The number of halogens is 3. The summed E-state index contributed by atoms with van der Waals surface area (Å²) in [6.07, 6.45) is -0.587. The van der Waals surface area contributed by atoms with E-state index in [0.717, 1.165) is 6.92 Å². The average Bonchev–Trinajstić information content (AvgIpc) is 2.21. The monoisotopic (exact) mass is 265 g/mol. The Morgan fingerprint density at radius 3 is 2.33 bits per heavy atom. The maximum atomic E-state index is 12.5. The number of ether oxygens (including phenoxy) is 1. The smallest absolute Gasteiger partial charge is 0.402 e. The molecule has 0 fully saturated rings. The van der Waals surface area contributed by atoms with Crippen molar-refractivity contribution in [1.82, 2.24) is 5.32 Å². The normalized spacial score (nSPS) is 14.2. The van der Waals surface area contributed by atoms with Gasteiger partial charge < -0.3 is 10.1 Å². The molecule has 0 bridgehead atoms. The maximum absolute atomic E-state index is 12.5. The highest BCUT2D eigenvalue weighted by Gasteiger charge is 2.41. The quantitative estimate of drug-likeness (QED) is 0.601. The van der Waals surface area contributed by atoms with Gasteiger partial charge in [0.1, 0.15) is 12.0 Å². The molecule has 18 heavy (non-hydrogen) atoms. The lowest BCUT2D eigenvalue weighted by Crippen LogP contribution is -2.43. The molecule has 0 aliphatic rings. The fraction of sp³-hybridized carbons (Fsp3) is 0.636. The Labute approximate surface area is 103 Å². The molecule has 7 heteroatoms. The molecule has 0 aromatic rings. The van der Waals surface area contributed by atoms with Crippen molar-refractivity contribution in [3.63, 3.8) is 0 Å². The highest BCUT2D eigenvalue weighted by atomic mass is 19.4. The van der Waals surface area contributed by atoms with E-state index in [1.54, 1.807) is 5.92 Å². The van der Waals surface area contributed by atoms with Crippen molar-refractivity contribution >= 4 is 11.9 Å². The minimum absolute atomic E-state index is 0.00164. The van der Waals surface area contributed by atoms with E-state index in [1.807, 2.05) is 0 Å². The van der Waals surface area contributed by atoms with Crippen molar-refractivity contribution < 1.29 is 27.5 Å². The van der Waals surface area contributed by atoms with Crippen LogP contribution in [-0.4, -0.2) is 30.7 Å². The second-order valence-corrected chi connectivity index (χ2v) is 3.50. The third kappa shape index (κ3) is 5.57. The lowest BCUT2D eigenvalue weighted by Gasteiger charge is -2.21. The summed E-state index contributed by atoms with van der Waals surface area (Å²) in [5.41, 5.74) is 0.